The molecule has 0 spiro atoms. The largest absolute Gasteiger partial charge is 0.507 e. The number of benzene rings is 1. The third-order valence-electron chi connectivity index (χ3n) is 2.58. The van der Waals surface area contributed by atoms with E-state index in [1.807, 2.05) is 0 Å². The SMILES string of the molecule is Cc1cccc(C(=O)NCCCCCBr)c1O. The minimum absolute atomic E-state index is 0.0745. The lowest BCUT2D eigenvalue weighted by atomic mass is 10.1. The Hall–Kier alpha value is -1.03. The second-order valence-electron chi connectivity index (χ2n) is 3.98. The van der Waals surface area contributed by atoms with Crippen molar-refractivity contribution in [3.8, 4) is 5.75 Å². The molecule has 1 rings (SSSR count). The summed E-state index contributed by atoms with van der Waals surface area (Å²) >= 11 is 3.36. The zero-order valence-corrected chi connectivity index (χ0v) is 11.6. The molecule has 0 atom stereocenters. The Morgan fingerprint density at radius 3 is 2.82 bits per heavy atom. The highest BCUT2D eigenvalue weighted by atomic mass is 79.9. The van der Waals surface area contributed by atoms with Gasteiger partial charge in [0.2, 0.25) is 0 Å². The summed E-state index contributed by atoms with van der Waals surface area (Å²) in [5, 5.41) is 13.6. The van der Waals surface area contributed by atoms with Crippen molar-refractivity contribution in [2.75, 3.05) is 11.9 Å². The number of aryl methyl sites for hydroxylation is 1. The summed E-state index contributed by atoms with van der Waals surface area (Å²) in [5.74, 6) is -0.129. The molecule has 3 nitrogen and oxygen atoms in total. The number of hydrogen-bond acceptors (Lipinski definition) is 2. The van der Waals surface area contributed by atoms with Crippen molar-refractivity contribution in [1.29, 1.82) is 0 Å². The van der Waals surface area contributed by atoms with Crippen LogP contribution in [0.5, 0.6) is 5.75 Å². The van der Waals surface area contributed by atoms with Crippen molar-refractivity contribution in [2.24, 2.45) is 0 Å². The number of aromatic hydroxyl groups is 1. The van der Waals surface area contributed by atoms with Crippen LogP contribution in [0.1, 0.15) is 35.2 Å². The predicted molar refractivity (Wildman–Crippen MR) is 72.8 cm³/mol. The zero-order chi connectivity index (χ0) is 12.7. The first-order valence-electron chi connectivity index (χ1n) is 5.79. The molecule has 1 aromatic rings. The van der Waals surface area contributed by atoms with Gasteiger partial charge in [-0.25, -0.2) is 0 Å². The van der Waals surface area contributed by atoms with Gasteiger partial charge >= 0.3 is 0 Å². The van der Waals surface area contributed by atoms with Gasteiger partial charge < -0.3 is 10.4 Å². The number of rotatable bonds is 6. The second kappa shape index (κ2) is 7.33. The molecule has 0 fully saturated rings. The summed E-state index contributed by atoms with van der Waals surface area (Å²) in [4.78, 5) is 11.8. The molecule has 0 heterocycles. The highest BCUT2D eigenvalue weighted by molar-refractivity contribution is 9.09. The smallest absolute Gasteiger partial charge is 0.255 e. The molecule has 1 aromatic carbocycles. The number of carbonyl (C=O) groups is 1. The van der Waals surface area contributed by atoms with Crippen LogP contribution >= 0.6 is 15.9 Å². The van der Waals surface area contributed by atoms with E-state index < -0.39 is 0 Å². The summed E-state index contributed by atoms with van der Waals surface area (Å²) in [6, 6.07) is 5.19. The molecule has 1 amide bonds. The zero-order valence-electron chi connectivity index (χ0n) is 10.0. The molecule has 0 aliphatic heterocycles. The van der Waals surface area contributed by atoms with Gasteiger partial charge in [0.05, 0.1) is 5.56 Å². The molecule has 0 aliphatic carbocycles. The number of nitrogens with one attached hydrogen (secondary N) is 1. The number of carbonyl (C=O) groups excluding carboxylic acids is 1. The molecule has 0 aromatic heterocycles. The van der Waals surface area contributed by atoms with Crippen LogP contribution in [0, 0.1) is 6.92 Å². The predicted octanol–water partition coefficient (Wildman–Crippen LogP) is 3.00. The molecule has 4 heteroatoms. The summed E-state index contributed by atoms with van der Waals surface area (Å²) in [6.45, 7) is 2.43. The highest BCUT2D eigenvalue weighted by Crippen LogP contribution is 2.20. The highest BCUT2D eigenvalue weighted by Gasteiger charge is 2.11. The van der Waals surface area contributed by atoms with Crippen LogP contribution < -0.4 is 5.32 Å². The fourth-order valence-electron chi connectivity index (χ4n) is 1.54. The fraction of sp³-hybridized carbons (Fsp3) is 0.462. The molecule has 17 heavy (non-hydrogen) atoms. The number of alkyl halides is 1. The lowest BCUT2D eigenvalue weighted by Gasteiger charge is -2.08. The molecule has 0 aliphatic rings. The standard InChI is InChI=1S/C13H18BrNO2/c1-10-6-5-7-11(12(10)16)13(17)15-9-4-2-3-8-14/h5-7,16H,2-4,8-9H2,1H3,(H,15,17). The molecule has 0 unspecified atom stereocenters. The van der Waals surface area contributed by atoms with Gasteiger partial charge in [-0.3, -0.25) is 4.79 Å². The van der Waals surface area contributed by atoms with Gasteiger partial charge in [0.1, 0.15) is 5.75 Å². The van der Waals surface area contributed by atoms with Gasteiger partial charge in [-0.05, 0) is 31.4 Å². The van der Waals surface area contributed by atoms with Crippen LogP contribution in [-0.4, -0.2) is 22.9 Å². The Balaban J connectivity index is 2.44. The second-order valence-corrected chi connectivity index (χ2v) is 4.77. The van der Waals surface area contributed by atoms with Gasteiger partial charge in [0.15, 0.2) is 0 Å². The maximum absolute atomic E-state index is 11.8. The number of unbranched alkanes of at least 4 members (excludes halogenated alkanes) is 2. The molecular weight excluding hydrogens is 282 g/mol. The average Bonchev–Trinajstić information content (AvgIpc) is 2.32. The summed E-state index contributed by atoms with van der Waals surface area (Å²) in [5.41, 5.74) is 1.07. The summed E-state index contributed by atoms with van der Waals surface area (Å²) in [6.07, 6.45) is 3.17. The van der Waals surface area contributed by atoms with Gasteiger partial charge in [0, 0.05) is 11.9 Å². The minimum atomic E-state index is -0.204. The summed E-state index contributed by atoms with van der Waals surface area (Å²) in [7, 11) is 0. The van der Waals surface area contributed by atoms with E-state index in [-0.39, 0.29) is 11.7 Å². The lowest BCUT2D eigenvalue weighted by Crippen LogP contribution is -2.24. The molecule has 0 bridgehead atoms. The van der Waals surface area contributed by atoms with Crippen LogP contribution in [-0.2, 0) is 0 Å². The van der Waals surface area contributed by atoms with Crippen LogP contribution in [0.3, 0.4) is 0 Å². The van der Waals surface area contributed by atoms with Crippen molar-refractivity contribution in [3.05, 3.63) is 29.3 Å². The quantitative estimate of drug-likeness (QED) is 0.627. The topological polar surface area (TPSA) is 49.3 Å². The number of halogens is 1. The van der Waals surface area contributed by atoms with Crippen molar-refractivity contribution >= 4 is 21.8 Å². The van der Waals surface area contributed by atoms with E-state index >= 15 is 0 Å². The maximum Gasteiger partial charge on any atom is 0.255 e. The van der Waals surface area contributed by atoms with E-state index in [0.29, 0.717) is 12.1 Å². The lowest BCUT2D eigenvalue weighted by molar-refractivity contribution is 0.0950. The molecule has 0 saturated heterocycles. The van der Waals surface area contributed by atoms with Crippen LogP contribution in [0.4, 0.5) is 0 Å². The number of hydrogen-bond donors (Lipinski definition) is 2. The first kappa shape index (κ1) is 14.0. The van der Waals surface area contributed by atoms with Gasteiger partial charge in [-0.15, -0.1) is 0 Å². The molecule has 94 valence electrons. The van der Waals surface area contributed by atoms with E-state index in [1.165, 1.54) is 0 Å². The van der Waals surface area contributed by atoms with Crippen molar-refractivity contribution < 1.29 is 9.90 Å². The van der Waals surface area contributed by atoms with E-state index in [9.17, 15) is 9.90 Å². The number of phenolic OH excluding ortho intramolecular Hbond substituents is 1. The average molecular weight is 300 g/mol. The molecule has 2 N–H and O–H groups in total. The van der Waals surface area contributed by atoms with Crippen LogP contribution in [0.2, 0.25) is 0 Å². The van der Waals surface area contributed by atoms with Crippen molar-refractivity contribution in [2.45, 2.75) is 26.2 Å². The van der Waals surface area contributed by atoms with Gasteiger partial charge in [-0.1, -0.05) is 34.5 Å². The molecule has 0 saturated carbocycles. The molecular formula is C13H18BrNO2. The Bertz CT molecular complexity index is 380. The Morgan fingerprint density at radius 1 is 1.35 bits per heavy atom. The van der Waals surface area contributed by atoms with Gasteiger partial charge in [0.25, 0.3) is 5.91 Å². The van der Waals surface area contributed by atoms with E-state index in [0.717, 1.165) is 30.2 Å². The first-order valence-corrected chi connectivity index (χ1v) is 6.91. The van der Waals surface area contributed by atoms with Crippen LogP contribution in [0.25, 0.3) is 0 Å². The third kappa shape index (κ3) is 4.38. The fourth-order valence-corrected chi connectivity index (χ4v) is 1.93. The van der Waals surface area contributed by atoms with Crippen LogP contribution in [0.15, 0.2) is 18.2 Å². The first-order chi connectivity index (χ1) is 8.16. The number of amides is 1. The summed E-state index contributed by atoms with van der Waals surface area (Å²) < 4.78 is 0. The van der Waals surface area contributed by atoms with Gasteiger partial charge in [-0.2, -0.15) is 0 Å². The normalized spacial score (nSPS) is 10.2. The van der Waals surface area contributed by atoms with E-state index in [4.69, 9.17) is 0 Å². The van der Waals surface area contributed by atoms with Crippen molar-refractivity contribution in [1.82, 2.24) is 5.32 Å². The van der Waals surface area contributed by atoms with Crippen molar-refractivity contribution in [3.63, 3.8) is 0 Å². The maximum atomic E-state index is 11.8. The Labute approximate surface area is 110 Å². The Kier molecular flexibility index (Phi) is 6.05. The van der Waals surface area contributed by atoms with E-state index in [1.54, 1.807) is 25.1 Å². The minimum Gasteiger partial charge on any atom is -0.507 e. The number of para-hydroxylation sites is 1. The number of phenols is 1. The third-order valence-corrected chi connectivity index (χ3v) is 3.14. The van der Waals surface area contributed by atoms with E-state index in [2.05, 4.69) is 21.2 Å². The monoisotopic (exact) mass is 299 g/mol. The Morgan fingerprint density at radius 2 is 2.12 bits per heavy atom. The molecule has 0 radical (unpaired) electrons.